The van der Waals surface area contributed by atoms with Gasteiger partial charge < -0.3 is 10.1 Å². The van der Waals surface area contributed by atoms with Gasteiger partial charge in [0.05, 0.1) is 0 Å². The van der Waals surface area contributed by atoms with Crippen molar-refractivity contribution in [3.8, 4) is 0 Å². The van der Waals surface area contributed by atoms with Gasteiger partial charge in [-0.15, -0.1) is 0 Å². The van der Waals surface area contributed by atoms with Crippen molar-refractivity contribution >= 4 is 6.29 Å². The molecule has 1 fully saturated rings. The molecule has 0 saturated carbocycles. The summed E-state index contributed by atoms with van der Waals surface area (Å²) in [4.78, 5) is 14.3. The van der Waals surface area contributed by atoms with Gasteiger partial charge in [0.1, 0.15) is 6.29 Å². The summed E-state index contributed by atoms with van der Waals surface area (Å²) >= 11 is 0. The van der Waals surface area contributed by atoms with Gasteiger partial charge >= 0.3 is 0 Å². The standard InChI is InChI=1S/C17H26N2O/c1-14(2)19(3)16(15-7-5-4-6-8-15)17(13-20)9-11-18-12-10-17/h4-8,13-14,16,18H,9-12H2,1-3H3. The van der Waals surface area contributed by atoms with E-state index in [0.29, 0.717) is 6.04 Å². The molecule has 0 bridgehead atoms. The van der Waals surface area contributed by atoms with Crippen LogP contribution < -0.4 is 5.32 Å². The number of carbonyl (C=O) groups is 1. The number of hydrogen-bond donors (Lipinski definition) is 1. The summed E-state index contributed by atoms with van der Waals surface area (Å²) in [6.45, 7) is 6.23. The smallest absolute Gasteiger partial charge is 0.128 e. The van der Waals surface area contributed by atoms with E-state index in [1.54, 1.807) is 0 Å². The normalized spacial score (nSPS) is 20.1. The highest BCUT2D eigenvalue weighted by Crippen LogP contribution is 2.43. The van der Waals surface area contributed by atoms with Crippen LogP contribution in [-0.2, 0) is 4.79 Å². The molecule has 1 saturated heterocycles. The Kier molecular flexibility index (Phi) is 4.95. The zero-order chi connectivity index (χ0) is 14.6. The first-order valence-corrected chi connectivity index (χ1v) is 7.54. The Hall–Kier alpha value is -1.19. The van der Waals surface area contributed by atoms with Crippen molar-refractivity contribution in [1.29, 1.82) is 0 Å². The number of nitrogens with one attached hydrogen (secondary N) is 1. The van der Waals surface area contributed by atoms with E-state index in [4.69, 9.17) is 0 Å². The van der Waals surface area contributed by atoms with Gasteiger partial charge in [0, 0.05) is 17.5 Å². The lowest BCUT2D eigenvalue weighted by molar-refractivity contribution is -0.122. The molecule has 20 heavy (non-hydrogen) atoms. The molecule has 0 aliphatic carbocycles. The zero-order valence-electron chi connectivity index (χ0n) is 12.8. The Bertz CT molecular complexity index is 424. The van der Waals surface area contributed by atoms with Crippen molar-refractivity contribution in [2.75, 3.05) is 20.1 Å². The Morgan fingerprint density at radius 1 is 1.20 bits per heavy atom. The van der Waals surface area contributed by atoms with Gasteiger partial charge in [0.2, 0.25) is 0 Å². The molecule has 0 spiro atoms. The van der Waals surface area contributed by atoms with Gasteiger partial charge in [-0.25, -0.2) is 0 Å². The number of nitrogens with zero attached hydrogens (tertiary/aromatic N) is 1. The third kappa shape index (κ3) is 2.94. The molecule has 1 aromatic carbocycles. The maximum Gasteiger partial charge on any atom is 0.128 e. The van der Waals surface area contributed by atoms with E-state index in [1.165, 1.54) is 11.8 Å². The Balaban J connectivity index is 2.42. The quantitative estimate of drug-likeness (QED) is 0.838. The number of hydrogen-bond acceptors (Lipinski definition) is 3. The minimum Gasteiger partial charge on any atom is -0.317 e. The number of benzene rings is 1. The fourth-order valence-corrected chi connectivity index (χ4v) is 3.25. The van der Waals surface area contributed by atoms with Crippen molar-refractivity contribution in [2.45, 2.75) is 38.8 Å². The number of aldehydes is 1. The minimum absolute atomic E-state index is 0.156. The molecule has 2 rings (SSSR count). The fourth-order valence-electron chi connectivity index (χ4n) is 3.25. The van der Waals surface area contributed by atoms with Crippen LogP contribution in [0.2, 0.25) is 0 Å². The maximum atomic E-state index is 12.0. The first-order chi connectivity index (χ1) is 9.60. The molecule has 1 N–H and O–H groups in total. The van der Waals surface area contributed by atoms with Crippen LogP contribution in [0, 0.1) is 5.41 Å². The summed E-state index contributed by atoms with van der Waals surface area (Å²) in [5, 5.41) is 3.37. The minimum atomic E-state index is -0.272. The second-order valence-corrected chi connectivity index (χ2v) is 6.17. The van der Waals surface area contributed by atoms with Crippen LogP contribution in [-0.4, -0.2) is 37.4 Å². The highest BCUT2D eigenvalue weighted by atomic mass is 16.1. The van der Waals surface area contributed by atoms with E-state index in [2.05, 4.69) is 55.4 Å². The second-order valence-electron chi connectivity index (χ2n) is 6.17. The molecule has 1 aliphatic rings. The summed E-state index contributed by atoms with van der Waals surface area (Å²) in [7, 11) is 2.13. The van der Waals surface area contributed by atoms with Gasteiger partial charge in [-0.1, -0.05) is 30.3 Å². The third-order valence-electron chi connectivity index (χ3n) is 4.65. The van der Waals surface area contributed by atoms with Gasteiger partial charge in [0.25, 0.3) is 0 Å². The van der Waals surface area contributed by atoms with Crippen molar-refractivity contribution in [3.05, 3.63) is 35.9 Å². The second kappa shape index (κ2) is 6.51. The summed E-state index contributed by atoms with van der Waals surface area (Å²) in [5.41, 5.74) is 0.976. The molecule has 0 aromatic heterocycles. The molecule has 0 radical (unpaired) electrons. The number of piperidine rings is 1. The molecule has 1 atom stereocenters. The lowest BCUT2D eigenvalue weighted by Gasteiger charge is -2.45. The van der Waals surface area contributed by atoms with Crippen molar-refractivity contribution in [1.82, 2.24) is 10.2 Å². The molecular formula is C17H26N2O. The number of carbonyl (C=O) groups excluding carboxylic acids is 1. The van der Waals surface area contributed by atoms with Crippen LogP contribution in [0.25, 0.3) is 0 Å². The number of rotatable bonds is 5. The SMILES string of the molecule is CC(C)N(C)C(c1ccccc1)C1(C=O)CCNCC1. The lowest BCUT2D eigenvalue weighted by Crippen LogP contribution is -2.48. The molecule has 1 heterocycles. The fraction of sp³-hybridized carbons (Fsp3) is 0.588. The molecule has 3 nitrogen and oxygen atoms in total. The summed E-state index contributed by atoms with van der Waals surface area (Å²) in [5.74, 6) is 0. The molecule has 1 aliphatic heterocycles. The first kappa shape index (κ1) is 15.2. The molecule has 3 heteroatoms. The third-order valence-corrected chi connectivity index (χ3v) is 4.65. The van der Waals surface area contributed by atoms with Crippen LogP contribution in [0.4, 0.5) is 0 Å². The molecule has 110 valence electrons. The van der Waals surface area contributed by atoms with Crippen molar-refractivity contribution in [2.24, 2.45) is 5.41 Å². The maximum absolute atomic E-state index is 12.0. The summed E-state index contributed by atoms with van der Waals surface area (Å²) in [6.07, 6.45) is 3.03. The average molecular weight is 274 g/mol. The summed E-state index contributed by atoms with van der Waals surface area (Å²) < 4.78 is 0. The molecular weight excluding hydrogens is 248 g/mol. The van der Waals surface area contributed by atoms with E-state index in [1.807, 2.05) is 6.07 Å². The Morgan fingerprint density at radius 3 is 2.30 bits per heavy atom. The van der Waals surface area contributed by atoms with E-state index in [-0.39, 0.29) is 11.5 Å². The van der Waals surface area contributed by atoms with Crippen LogP contribution in [0.5, 0.6) is 0 Å². The van der Waals surface area contributed by atoms with E-state index in [9.17, 15) is 4.79 Å². The molecule has 1 unspecified atom stereocenters. The van der Waals surface area contributed by atoms with Gasteiger partial charge in [0.15, 0.2) is 0 Å². The van der Waals surface area contributed by atoms with E-state index in [0.717, 1.165) is 25.9 Å². The van der Waals surface area contributed by atoms with Crippen molar-refractivity contribution in [3.63, 3.8) is 0 Å². The highest BCUT2D eigenvalue weighted by Gasteiger charge is 2.43. The predicted molar refractivity (Wildman–Crippen MR) is 82.7 cm³/mol. The lowest BCUT2D eigenvalue weighted by atomic mass is 9.70. The van der Waals surface area contributed by atoms with Crippen molar-refractivity contribution < 1.29 is 4.79 Å². The van der Waals surface area contributed by atoms with Crippen LogP contribution >= 0.6 is 0 Å². The Morgan fingerprint density at radius 2 is 1.80 bits per heavy atom. The van der Waals surface area contributed by atoms with Gasteiger partial charge in [-0.3, -0.25) is 4.90 Å². The Labute approximate surface area is 122 Å². The zero-order valence-corrected chi connectivity index (χ0v) is 12.8. The van der Waals surface area contributed by atoms with Crippen LogP contribution in [0.15, 0.2) is 30.3 Å². The predicted octanol–water partition coefficient (Wildman–Crippen LogP) is 2.64. The van der Waals surface area contributed by atoms with Crippen LogP contribution in [0.3, 0.4) is 0 Å². The van der Waals surface area contributed by atoms with Gasteiger partial charge in [-0.2, -0.15) is 0 Å². The monoisotopic (exact) mass is 274 g/mol. The van der Waals surface area contributed by atoms with Gasteiger partial charge in [-0.05, 0) is 52.4 Å². The molecule has 1 aromatic rings. The van der Waals surface area contributed by atoms with Crippen LogP contribution in [0.1, 0.15) is 38.3 Å². The van der Waals surface area contributed by atoms with E-state index >= 15 is 0 Å². The average Bonchev–Trinajstić information content (AvgIpc) is 2.49. The topological polar surface area (TPSA) is 32.3 Å². The van der Waals surface area contributed by atoms with E-state index < -0.39 is 0 Å². The molecule has 0 amide bonds. The summed E-state index contributed by atoms with van der Waals surface area (Å²) in [6, 6.07) is 11.0. The largest absolute Gasteiger partial charge is 0.317 e. The highest BCUT2D eigenvalue weighted by molar-refractivity contribution is 5.62. The first-order valence-electron chi connectivity index (χ1n) is 7.54.